The van der Waals surface area contributed by atoms with E-state index in [0.717, 1.165) is 9.88 Å². The number of carbonyl (C=O) groups excluding carboxylic acids is 2. The smallest absolute Gasteiger partial charge is 0.350 e. The molecule has 1 N–H and O–H groups in total. The first kappa shape index (κ1) is 15.9. The van der Waals surface area contributed by atoms with Crippen molar-refractivity contribution < 1.29 is 14.3 Å². The van der Waals surface area contributed by atoms with Gasteiger partial charge >= 0.3 is 5.97 Å². The monoisotopic (exact) mass is 364 g/mol. The SMILES string of the molecule is COC(=O)c1sccc1NC(=O)c1sc(-c2cccs2)nc1C. The van der Waals surface area contributed by atoms with E-state index in [2.05, 4.69) is 10.3 Å². The van der Waals surface area contributed by atoms with E-state index < -0.39 is 5.97 Å². The Balaban J connectivity index is 1.85. The molecule has 0 saturated carbocycles. The standard InChI is InChI=1S/C15H12N2O3S3/c1-8-11(23-14(16-8)10-4-3-6-21-10)13(18)17-9-5-7-22-12(9)15(19)20-2/h3-7H,1-2H3,(H,17,18). The Bertz CT molecular complexity index is 849. The summed E-state index contributed by atoms with van der Waals surface area (Å²) in [6.07, 6.45) is 0. The molecular weight excluding hydrogens is 352 g/mol. The number of amides is 1. The number of thiophene rings is 2. The number of nitrogens with zero attached hydrogens (tertiary/aromatic N) is 1. The van der Waals surface area contributed by atoms with E-state index in [-0.39, 0.29) is 5.91 Å². The highest BCUT2D eigenvalue weighted by molar-refractivity contribution is 7.22. The molecule has 23 heavy (non-hydrogen) atoms. The van der Waals surface area contributed by atoms with Crippen LogP contribution in [0.25, 0.3) is 9.88 Å². The van der Waals surface area contributed by atoms with Gasteiger partial charge in [0, 0.05) is 0 Å². The Morgan fingerprint density at radius 1 is 1.17 bits per heavy atom. The number of hydrogen-bond acceptors (Lipinski definition) is 7. The predicted octanol–water partition coefficient (Wildman–Crippen LogP) is 4.28. The molecule has 0 aliphatic rings. The molecule has 0 atom stereocenters. The van der Waals surface area contributed by atoms with E-state index in [9.17, 15) is 9.59 Å². The van der Waals surface area contributed by atoms with Crippen molar-refractivity contribution >= 4 is 51.6 Å². The van der Waals surface area contributed by atoms with Gasteiger partial charge in [0.05, 0.1) is 23.4 Å². The second-order valence-corrected chi connectivity index (χ2v) is 7.38. The Kier molecular flexibility index (Phi) is 4.56. The van der Waals surface area contributed by atoms with Crippen LogP contribution in [0.15, 0.2) is 29.0 Å². The van der Waals surface area contributed by atoms with Gasteiger partial charge in [0.25, 0.3) is 5.91 Å². The number of ether oxygens (including phenoxy) is 1. The van der Waals surface area contributed by atoms with Gasteiger partial charge in [0.2, 0.25) is 0 Å². The van der Waals surface area contributed by atoms with Crippen LogP contribution in [0, 0.1) is 6.92 Å². The fourth-order valence-electron chi connectivity index (χ4n) is 1.95. The van der Waals surface area contributed by atoms with Gasteiger partial charge in [0.15, 0.2) is 0 Å². The first-order chi connectivity index (χ1) is 11.1. The molecule has 3 heterocycles. The molecule has 1 amide bonds. The van der Waals surface area contributed by atoms with Gasteiger partial charge < -0.3 is 10.1 Å². The van der Waals surface area contributed by atoms with E-state index in [1.807, 2.05) is 17.5 Å². The summed E-state index contributed by atoms with van der Waals surface area (Å²) in [7, 11) is 1.31. The minimum Gasteiger partial charge on any atom is -0.465 e. The molecule has 8 heteroatoms. The summed E-state index contributed by atoms with van der Waals surface area (Å²) in [6, 6.07) is 5.61. The van der Waals surface area contributed by atoms with E-state index in [0.29, 0.717) is 21.1 Å². The van der Waals surface area contributed by atoms with Crippen LogP contribution in [0.4, 0.5) is 5.69 Å². The van der Waals surface area contributed by atoms with Crippen molar-refractivity contribution in [1.29, 1.82) is 0 Å². The quantitative estimate of drug-likeness (QED) is 0.702. The maximum absolute atomic E-state index is 12.5. The Morgan fingerprint density at radius 3 is 2.70 bits per heavy atom. The Hall–Kier alpha value is -2.03. The molecule has 0 fully saturated rings. The lowest BCUT2D eigenvalue weighted by atomic mass is 10.3. The summed E-state index contributed by atoms with van der Waals surface area (Å²) in [6.45, 7) is 1.80. The van der Waals surface area contributed by atoms with Gasteiger partial charge in [-0.05, 0) is 29.8 Å². The number of carbonyl (C=O) groups is 2. The fraction of sp³-hybridized carbons (Fsp3) is 0.133. The average molecular weight is 364 g/mol. The second kappa shape index (κ2) is 6.61. The van der Waals surface area contributed by atoms with Crippen LogP contribution in [-0.2, 0) is 4.74 Å². The zero-order valence-corrected chi connectivity index (χ0v) is 14.7. The summed E-state index contributed by atoms with van der Waals surface area (Å²) in [5.41, 5.74) is 1.13. The highest BCUT2D eigenvalue weighted by Gasteiger charge is 2.20. The van der Waals surface area contributed by atoms with Gasteiger partial charge in [-0.15, -0.1) is 34.0 Å². The predicted molar refractivity (Wildman–Crippen MR) is 93.8 cm³/mol. The van der Waals surface area contributed by atoms with Crippen molar-refractivity contribution in [2.45, 2.75) is 6.92 Å². The van der Waals surface area contributed by atoms with Crippen molar-refractivity contribution in [3.05, 3.63) is 44.4 Å². The number of nitrogens with one attached hydrogen (secondary N) is 1. The van der Waals surface area contributed by atoms with Gasteiger partial charge in [-0.2, -0.15) is 0 Å². The summed E-state index contributed by atoms with van der Waals surface area (Å²) in [4.78, 5) is 30.6. The molecule has 0 bridgehead atoms. The Morgan fingerprint density at radius 2 is 2.00 bits per heavy atom. The van der Waals surface area contributed by atoms with Crippen molar-refractivity contribution in [2.24, 2.45) is 0 Å². The molecule has 3 rings (SSSR count). The molecule has 0 unspecified atom stereocenters. The topological polar surface area (TPSA) is 68.3 Å². The van der Waals surface area contributed by atoms with Crippen LogP contribution in [-0.4, -0.2) is 24.0 Å². The molecule has 0 aromatic carbocycles. The highest BCUT2D eigenvalue weighted by atomic mass is 32.1. The summed E-state index contributed by atoms with van der Waals surface area (Å²) in [5, 5.41) is 7.29. The number of anilines is 1. The summed E-state index contributed by atoms with van der Waals surface area (Å²) in [5.74, 6) is -0.734. The number of rotatable bonds is 4. The molecule has 0 aliphatic heterocycles. The van der Waals surface area contributed by atoms with Gasteiger partial charge in [-0.25, -0.2) is 9.78 Å². The van der Waals surface area contributed by atoms with E-state index in [4.69, 9.17) is 4.74 Å². The van der Waals surface area contributed by atoms with Crippen molar-refractivity contribution in [3.8, 4) is 9.88 Å². The van der Waals surface area contributed by atoms with E-state index in [1.54, 1.807) is 29.7 Å². The largest absolute Gasteiger partial charge is 0.465 e. The molecule has 0 saturated heterocycles. The number of thiazole rings is 1. The van der Waals surface area contributed by atoms with Crippen LogP contribution >= 0.6 is 34.0 Å². The van der Waals surface area contributed by atoms with Gasteiger partial charge in [-0.3, -0.25) is 4.79 Å². The third kappa shape index (κ3) is 3.19. The zero-order chi connectivity index (χ0) is 16.4. The molecule has 118 valence electrons. The normalized spacial score (nSPS) is 10.5. The number of hydrogen-bond donors (Lipinski definition) is 1. The van der Waals surface area contributed by atoms with Crippen molar-refractivity contribution in [1.82, 2.24) is 4.98 Å². The lowest BCUT2D eigenvalue weighted by Gasteiger charge is -2.04. The number of esters is 1. The third-order valence-corrected chi connectivity index (χ3v) is 6.11. The third-order valence-electron chi connectivity index (χ3n) is 3.02. The van der Waals surface area contributed by atoms with Crippen LogP contribution < -0.4 is 5.32 Å². The zero-order valence-electron chi connectivity index (χ0n) is 12.3. The van der Waals surface area contributed by atoms with Crippen LogP contribution in [0.3, 0.4) is 0 Å². The maximum Gasteiger partial charge on any atom is 0.350 e. The van der Waals surface area contributed by atoms with Crippen molar-refractivity contribution in [2.75, 3.05) is 12.4 Å². The number of aromatic nitrogens is 1. The number of aryl methyl sites for hydroxylation is 1. The van der Waals surface area contributed by atoms with Crippen molar-refractivity contribution in [3.63, 3.8) is 0 Å². The summed E-state index contributed by atoms with van der Waals surface area (Å²) >= 11 is 4.15. The number of methoxy groups -OCH3 is 1. The maximum atomic E-state index is 12.5. The second-order valence-electron chi connectivity index (χ2n) is 4.52. The lowest BCUT2D eigenvalue weighted by molar-refractivity contribution is 0.0607. The summed E-state index contributed by atoms with van der Waals surface area (Å²) < 4.78 is 4.71. The lowest BCUT2D eigenvalue weighted by Crippen LogP contribution is -2.13. The fourth-order valence-corrected chi connectivity index (χ4v) is 4.47. The van der Waals surface area contributed by atoms with Gasteiger partial charge in [0.1, 0.15) is 14.8 Å². The molecule has 5 nitrogen and oxygen atoms in total. The Labute approximate surface area is 144 Å². The molecule has 0 aliphatic carbocycles. The first-order valence-corrected chi connectivity index (χ1v) is 9.16. The molecular formula is C15H12N2O3S3. The molecule has 3 aromatic rings. The highest BCUT2D eigenvalue weighted by Crippen LogP contribution is 2.32. The first-order valence-electron chi connectivity index (χ1n) is 6.58. The average Bonchev–Trinajstić information content (AvgIpc) is 3.25. The van der Waals surface area contributed by atoms with Crippen LogP contribution in [0.5, 0.6) is 0 Å². The van der Waals surface area contributed by atoms with Crippen LogP contribution in [0.1, 0.15) is 25.0 Å². The van der Waals surface area contributed by atoms with E-state index in [1.165, 1.54) is 29.8 Å². The van der Waals surface area contributed by atoms with E-state index >= 15 is 0 Å². The minimum absolute atomic E-state index is 0.272. The van der Waals surface area contributed by atoms with Crippen LogP contribution in [0.2, 0.25) is 0 Å². The minimum atomic E-state index is -0.462. The van der Waals surface area contributed by atoms with Gasteiger partial charge in [-0.1, -0.05) is 6.07 Å². The molecule has 0 radical (unpaired) electrons. The molecule has 3 aromatic heterocycles. The molecule has 0 spiro atoms.